The number of hydrogen-bond donors (Lipinski definition) is 5. The largest absolute Gasteiger partial charge is 0.390 e. The van der Waals surface area contributed by atoms with Crippen molar-refractivity contribution in [3.8, 4) is 0 Å². The van der Waals surface area contributed by atoms with Crippen LogP contribution < -0.4 is 21.7 Å². The number of hydrogen-bond acceptors (Lipinski definition) is 9. The Morgan fingerprint density at radius 3 is 2.18 bits per heavy atom. The second kappa shape index (κ2) is 17.2. The second-order valence-electron chi connectivity index (χ2n) is 12.7. The van der Waals surface area contributed by atoms with E-state index in [0.717, 1.165) is 54.5 Å². The zero-order chi connectivity index (χ0) is 33.1. The Bertz CT molecular complexity index is 1370. The van der Waals surface area contributed by atoms with Crippen LogP contribution in [0.15, 0.2) is 30.5 Å². The first-order valence-corrected chi connectivity index (χ1v) is 18.6. The van der Waals surface area contributed by atoms with Crippen molar-refractivity contribution in [1.29, 1.82) is 0 Å². The van der Waals surface area contributed by atoms with Crippen molar-refractivity contribution in [3.05, 3.63) is 51.5 Å². The molecular weight excluding hydrogens is 615 g/mol. The SMILES string of the molecule is Cc1ncc(C(=O)N[C@@H](CC(C)C)C(=O)N[C@@H](CC2CCCCC2)C(=O)N[C@@H](Cc2ccc(CN)cc2)[C@@H](O)CS(C)(=O)=O)s1. The normalized spacial score (nSPS) is 16.9. The van der Waals surface area contributed by atoms with E-state index in [1.54, 1.807) is 6.92 Å². The van der Waals surface area contributed by atoms with E-state index in [1.165, 1.54) is 17.5 Å². The number of thiazole rings is 1. The zero-order valence-corrected chi connectivity index (χ0v) is 28.4. The van der Waals surface area contributed by atoms with Gasteiger partial charge in [-0.1, -0.05) is 70.2 Å². The molecule has 0 aliphatic heterocycles. The van der Waals surface area contributed by atoms with E-state index in [-0.39, 0.29) is 18.3 Å². The zero-order valence-electron chi connectivity index (χ0n) is 26.8. The molecule has 1 aromatic carbocycles. The Morgan fingerprint density at radius 1 is 1.00 bits per heavy atom. The predicted molar refractivity (Wildman–Crippen MR) is 176 cm³/mol. The predicted octanol–water partition coefficient (Wildman–Crippen LogP) is 2.64. The van der Waals surface area contributed by atoms with Crippen LogP contribution in [0.3, 0.4) is 0 Å². The lowest BCUT2D eigenvalue weighted by Crippen LogP contribution is -2.57. The van der Waals surface area contributed by atoms with Gasteiger partial charge < -0.3 is 26.8 Å². The van der Waals surface area contributed by atoms with Crippen molar-refractivity contribution in [2.24, 2.45) is 17.6 Å². The molecule has 0 saturated heterocycles. The molecule has 1 aliphatic carbocycles. The van der Waals surface area contributed by atoms with Gasteiger partial charge in [0.2, 0.25) is 11.8 Å². The summed E-state index contributed by atoms with van der Waals surface area (Å²) in [7, 11) is -3.56. The fourth-order valence-electron chi connectivity index (χ4n) is 5.72. The Balaban J connectivity index is 1.84. The number of nitrogens with zero attached hydrogens (tertiary/aromatic N) is 1. The number of nitrogens with one attached hydrogen (secondary N) is 3. The summed E-state index contributed by atoms with van der Waals surface area (Å²) in [5.74, 6) is -1.61. The maximum Gasteiger partial charge on any atom is 0.263 e. The topological polar surface area (TPSA) is 181 Å². The maximum absolute atomic E-state index is 13.9. The van der Waals surface area contributed by atoms with E-state index in [4.69, 9.17) is 5.73 Å². The molecule has 45 heavy (non-hydrogen) atoms. The summed E-state index contributed by atoms with van der Waals surface area (Å²) >= 11 is 1.23. The summed E-state index contributed by atoms with van der Waals surface area (Å²) < 4.78 is 24.2. The number of aliphatic hydroxyl groups is 1. The van der Waals surface area contributed by atoms with E-state index in [9.17, 15) is 27.9 Å². The number of carbonyl (C=O) groups is 3. The minimum atomic E-state index is -3.56. The van der Waals surface area contributed by atoms with Crippen LogP contribution >= 0.6 is 11.3 Å². The maximum atomic E-state index is 13.9. The van der Waals surface area contributed by atoms with Gasteiger partial charge in [-0.2, -0.15) is 0 Å². The van der Waals surface area contributed by atoms with E-state index >= 15 is 0 Å². The molecule has 1 heterocycles. The van der Waals surface area contributed by atoms with Crippen LogP contribution in [0.1, 0.15) is 84.6 Å². The molecule has 0 radical (unpaired) electrons. The van der Waals surface area contributed by atoms with Gasteiger partial charge in [0, 0.05) is 12.8 Å². The Labute approximate surface area is 271 Å². The summed E-state index contributed by atoms with van der Waals surface area (Å²) in [6.45, 7) is 6.05. The molecular formula is C32H49N5O6S2. The van der Waals surface area contributed by atoms with E-state index in [2.05, 4.69) is 20.9 Å². The van der Waals surface area contributed by atoms with E-state index in [1.807, 2.05) is 38.1 Å². The number of rotatable bonds is 16. The molecule has 2 aromatic rings. The Kier molecular flexibility index (Phi) is 14.0. The first kappa shape index (κ1) is 36.6. The lowest BCUT2D eigenvalue weighted by Gasteiger charge is -2.31. The van der Waals surface area contributed by atoms with Crippen LogP contribution in [0.25, 0.3) is 0 Å². The second-order valence-corrected chi connectivity index (χ2v) is 16.1. The number of benzene rings is 1. The minimum Gasteiger partial charge on any atom is -0.390 e. The molecule has 13 heteroatoms. The highest BCUT2D eigenvalue weighted by Crippen LogP contribution is 2.28. The molecule has 1 aromatic heterocycles. The van der Waals surface area contributed by atoms with Crippen molar-refractivity contribution >= 4 is 38.9 Å². The molecule has 0 spiro atoms. The van der Waals surface area contributed by atoms with Crippen LogP contribution in [-0.4, -0.2) is 72.5 Å². The summed E-state index contributed by atoms with van der Waals surface area (Å²) in [6.07, 6.45) is 7.16. The van der Waals surface area contributed by atoms with Crippen LogP contribution in [0.2, 0.25) is 0 Å². The molecule has 1 aliphatic rings. The monoisotopic (exact) mass is 663 g/mol. The van der Waals surface area contributed by atoms with E-state index < -0.39 is 57.5 Å². The van der Waals surface area contributed by atoms with Crippen molar-refractivity contribution < 1.29 is 27.9 Å². The van der Waals surface area contributed by atoms with Gasteiger partial charge in [0.05, 0.1) is 29.1 Å². The van der Waals surface area contributed by atoms with Crippen molar-refractivity contribution in [3.63, 3.8) is 0 Å². The first-order valence-electron chi connectivity index (χ1n) is 15.7. The quantitative estimate of drug-likeness (QED) is 0.182. The molecule has 1 saturated carbocycles. The average Bonchev–Trinajstić information content (AvgIpc) is 3.42. The minimum absolute atomic E-state index is 0.0797. The fourth-order valence-corrected chi connectivity index (χ4v) is 7.25. The van der Waals surface area contributed by atoms with Crippen molar-refractivity contribution in [2.75, 3.05) is 12.0 Å². The van der Waals surface area contributed by atoms with Crippen molar-refractivity contribution in [2.45, 2.75) is 103 Å². The molecule has 0 bridgehead atoms. The van der Waals surface area contributed by atoms with Gasteiger partial charge in [0.1, 0.15) is 26.8 Å². The van der Waals surface area contributed by atoms with E-state index in [0.29, 0.717) is 24.3 Å². The van der Waals surface area contributed by atoms with Gasteiger partial charge in [-0.3, -0.25) is 14.4 Å². The summed E-state index contributed by atoms with van der Waals surface area (Å²) in [6, 6.07) is 4.61. The Morgan fingerprint density at radius 2 is 1.62 bits per heavy atom. The molecule has 6 N–H and O–H groups in total. The standard InChI is InChI=1S/C32H49N5O6S2/c1-20(2)14-26(37-32(41)29-18-34-21(3)44-29)30(39)36-27(16-22-8-6-5-7-9-22)31(40)35-25(28(38)19-45(4,42)43)15-23-10-12-24(17-33)13-11-23/h10-13,18,20,22,25-28,38H,5-9,14-17,19,33H2,1-4H3,(H,35,40)(H,36,39)(H,37,41)/t25-,26-,27-,28-/m0/s1. The highest BCUT2D eigenvalue weighted by molar-refractivity contribution is 7.90. The molecule has 3 amide bonds. The molecule has 11 nitrogen and oxygen atoms in total. The van der Waals surface area contributed by atoms with Gasteiger partial charge in [-0.05, 0) is 49.1 Å². The Hall–Kier alpha value is -2.87. The molecule has 250 valence electrons. The highest BCUT2D eigenvalue weighted by Gasteiger charge is 2.33. The van der Waals surface area contributed by atoms with Gasteiger partial charge >= 0.3 is 0 Å². The van der Waals surface area contributed by atoms with Gasteiger partial charge in [0.25, 0.3) is 5.91 Å². The van der Waals surface area contributed by atoms with Crippen LogP contribution in [0, 0.1) is 18.8 Å². The summed E-state index contributed by atoms with van der Waals surface area (Å²) in [5, 5.41) is 20.3. The fraction of sp³-hybridized carbons (Fsp3) is 0.625. The molecule has 4 atom stereocenters. The highest BCUT2D eigenvalue weighted by atomic mass is 32.2. The number of nitrogens with two attached hydrogens (primary N) is 1. The van der Waals surface area contributed by atoms with Crippen LogP contribution in [0.5, 0.6) is 0 Å². The average molecular weight is 664 g/mol. The molecule has 1 fully saturated rings. The van der Waals surface area contributed by atoms with Gasteiger partial charge in [-0.25, -0.2) is 13.4 Å². The third-order valence-electron chi connectivity index (χ3n) is 8.08. The number of carbonyl (C=O) groups excluding carboxylic acids is 3. The third kappa shape index (κ3) is 12.4. The smallest absolute Gasteiger partial charge is 0.263 e. The number of aryl methyl sites for hydroxylation is 1. The van der Waals surface area contributed by atoms with Crippen LogP contribution in [0.4, 0.5) is 0 Å². The number of amides is 3. The molecule has 3 rings (SSSR count). The lowest BCUT2D eigenvalue weighted by molar-refractivity contribution is -0.131. The number of aromatic nitrogens is 1. The van der Waals surface area contributed by atoms with Crippen LogP contribution in [-0.2, 0) is 32.4 Å². The lowest BCUT2D eigenvalue weighted by atomic mass is 9.84. The van der Waals surface area contributed by atoms with Gasteiger partial charge in [0.15, 0.2) is 0 Å². The molecule has 0 unspecified atom stereocenters. The third-order valence-corrected chi connectivity index (χ3v) is 9.94. The number of aliphatic hydroxyl groups excluding tert-OH is 1. The van der Waals surface area contributed by atoms with Crippen molar-refractivity contribution in [1.82, 2.24) is 20.9 Å². The number of sulfone groups is 1. The van der Waals surface area contributed by atoms with Gasteiger partial charge in [-0.15, -0.1) is 11.3 Å². The first-order chi connectivity index (χ1) is 21.2. The summed E-state index contributed by atoms with van der Waals surface area (Å²) in [4.78, 5) is 45.1. The summed E-state index contributed by atoms with van der Waals surface area (Å²) in [5.41, 5.74) is 7.42.